The normalized spacial score (nSPS) is 17.0. The Kier molecular flexibility index (Phi) is 6.17. The summed E-state index contributed by atoms with van der Waals surface area (Å²) in [5, 5.41) is 14.8. The van der Waals surface area contributed by atoms with Gasteiger partial charge in [-0.25, -0.2) is 9.97 Å². The Hall–Kier alpha value is -4.08. The monoisotopic (exact) mass is 512 g/mol. The summed E-state index contributed by atoms with van der Waals surface area (Å²) in [5.41, 5.74) is 6.07. The maximum Gasteiger partial charge on any atom is 0.293 e. The van der Waals surface area contributed by atoms with E-state index < -0.39 is 0 Å². The van der Waals surface area contributed by atoms with Gasteiger partial charge in [-0.2, -0.15) is 10.1 Å². The van der Waals surface area contributed by atoms with Crippen molar-refractivity contribution in [2.45, 2.75) is 77.3 Å². The standard InChI is InChI=1S/C28H32N8O2/c1-28(2,3)26-34-24(35-38-26)25(37)31-21-8-5-4-7-17-15-18(10-11-19(17)21)20-12-13-29-27(32-20)33-22-16-30-36-14-6-9-23(22)36/h10-13,15-16,21H,4-9,14H2,1-3H3,(H,31,37)(H,29,32,33)/t21-/m0/s1. The highest BCUT2D eigenvalue weighted by atomic mass is 16.5. The number of benzene rings is 1. The zero-order valence-corrected chi connectivity index (χ0v) is 22.0. The first-order chi connectivity index (χ1) is 18.3. The van der Waals surface area contributed by atoms with Gasteiger partial charge in [0.2, 0.25) is 11.8 Å². The molecule has 2 aliphatic rings. The van der Waals surface area contributed by atoms with Gasteiger partial charge >= 0.3 is 0 Å². The predicted octanol–water partition coefficient (Wildman–Crippen LogP) is 4.91. The largest absolute Gasteiger partial charge is 0.342 e. The van der Waals surface area contributed by atoms with Crippen LogP contribution >= 0.6 is 0 Å². The van der Waals surface area contributed by atoms with Gasteiger partial charge < -0.3 is 15.2 Å². The van der Waals surface area contributed by atoms with Crippen LogP contribution < -0.4 is 10.6 Å². The lowest BCUT2D eigenvalue weighted by Crippen LogP contribution is -2.29. The van der Waals surface area contributed by atoms with E-state index in [1.165, 1.54) is 11.3 Å². The number of nitrogens with zero attached hydrogens (tertiary/aromatic N) is 6. The second-order valence-corrected chi connectivity index (χ2v) is 11.1. The van der Waals surface area contributed by atoms with Gasteiger partial charge in [-0.15, -0.1) is 0 Å². The number of anilines is 2. The second kappa shape index (κ2) is 9.66. The van der Waals surface area contributed by atoms with Crippen LogP contribution in [0.2, 0.25) is 0 Å². The number of carbonyl (C=O) groups excluding carboxylic acids is 1. The summed E-state index contributed by atoms with van der Waals surface area (Å²) >= 11 is 0. The Labute approximate surface area is 221 Å². The van der Waals surface area contributed by atoms with E-state index in [1.807, 2.05) is 37.7 Å². The van der Waals surface area contributed by atoms with E-state index in [2.05, 4.69) is 49.1 Å². The summed E-state index contributed by atoms with van der Waals surface area (Å²) < 4.78 is 7.36. The fraction of sp³-hybridized carbons (Fsp3) is 0.429. The third-order valence-corrected chi connectivity index (χ3v) is 7.21. The smallest absolute Gasteiger partial charge is 0.293 e. The van der Waals surface area contributed by atoms with Crippen molar-refractivity contribution in [3.8, 4) is 11.3 Å². The van der Waals surface area contributed by atoms with Gasteiger partial charge in [-0.3, -0.25) is 9.48 Å². The quantitative estimate of drug-likeness (QED) is 0.362. The third-order valence-electron chi connectivity index (χ3n) is 7.21. The maximum absolute atomic E-state index is 13.0. The van der Waals surface area contributed by atoms with E-state index in [4.69, 9.17) is 9.51 Å². The second-order valence-electron chi connectivity index (χ2n) is 11.1. The number of nitrogens with one attached hydrogen (secondary N) is 2. The van der Waals surface area contributed by atoms with Gasteiger partial charge in [0, 0.05) is 23.7 Å². The summed E-state index contributed by atoms with van der Waals surface area (Å²) in [6, 6.07) is 8.18. The maximum atomic E-state index is 13.0. The van der Waals surface area contributed by atoms with Crippen molar-refractivity contribution in [1.82, 2.24) is 35.2 Å². The van der Waals surface area contributed by atoms with Gasteiger partial charge in [0.05, 0.1) is 29.3 Å². The molecule has 2 N–H and O–H groups in total. The number of aryl methyl sites for hydroxylation is 2. The molecule has 4 aromatic rings. The SMILES string of the molecule is CC(C)(C)c1nc(C(=O)N[C@H]2CCCCc3cc(-c4ccnc(Nc5cnn6c5CCC6)n4)ccc32)no1. The molecule has 1 amide bonds. The summed E-state index contributed by atoms with van der Waals surface area (Å²) in [6.45, 7) is 6.88. The minimum atomic E-state index is -0.315. The van der Waals surface area contributed by atoms with Crippen LogP contribution in [0.5, 0.6) is 0 Å². The molecule has 10 heteroatoms. The van der Waals surface area contributed by atoms with Gasteiger partial charge in [-0.05, 0) is 55.4 Å². The Morgan fingerprint density at radius 2 is 2.00 bits per heavy atom. The molecule has 38 heavy (non-hydrogen) atoms. The number of aromatic nitrogens is 6. The van der Waals surface area contributed by atoms with E-state index in [-0.39, 0.29) is 23.2 Å². The zero-order chi connectivity index (χ0) is 26.3. The lowest BCUT2D eigenvalue weighted by Gasteiger charge is -2.19. The molecule has 0 unspecified atom stereocenters. The summed E-state index contributed by atoms with van der Waals surface area (Å²) in [5.74, 6) is 0.761. The van der Waals surface area contributed by atoms with Crippen LogP contribution in [0.1, 0.15) is 85.8 Å². The van der Waals surface area contributed by atoms with Gasteiger partial charge in [-0.1, -0.05) is 44.5 Å². The van der Waals surface area contributed by atoms with Gasteiger partial charge in [0.1, 0.15) is 0 Å². The Bertz CT molecular complexity index is 1480. The van der Waals surface area contributed by atoms with Crippen molar-refractivity contribution in [2.75, 3.05) is 5.32 Å². The van der Waals surface area contributed by atoms with Crippen molar-refractivity contribution >= 4 is 17.5 Å². The number of carbonyl (C=O) groups is 1. The molecule has 1 aromatic carbocycles. The molecule has 196 valence electrons. The highest BCUT2D eigenvalue weighted by molar-refractivity contribution is 5.90. The number of hydrogen-bond donors (Lipinski definition) is 2. The van der Waals surface area contributed by atoms with E-state index in [1.54, 1.807) is 6.20 Å². The molecule has 1 aliphatic heterocycles. The number of hydrogen-bond acceptors (Lipinski definition) is 8. The first-order valence-electron chi connectivity index (χ1n) is 13.3. The highest BCUT2D eigenvalue weighted by Gasteiger charge is 2.27. The van der Waals surface area contributed by atoms with Crippen LogP contribution in [0.3, 0.4) is 0 Å². The summed E-state index contributed by atoms with van der Waals surface area (Å²) in [6.07, 6.45) is 9.63. The van der Waals surface area contributed by atoms with Gasteiger partial charge in [0.15, 0.2) is 0 Å². The molecule has 0 saturated carbocycles. The molecule has 1 atom stereocenters. The lowest BCUT2D eigenvalue weighted by atomic mass is 9.95. The zero-order valence-electron chi connectivity index (χ0n) is 22.0. The van der Waals surface area contributed by atoms with Crippen LogP contribution in [0, 0.1) is 0 Å². The van der Waals surface area contributed by atoms with E-state index in [9.17, 15) is 4.79 Å². The topological polar surface area (TPSA) is 124 Å². The summed E-state index contributed by atoms with van der Waals surface area (Å²) in [4.78, 5) is 26.5. The number of rotatable bonds is 5. The molecule has 0 spiro atoms. The highest BCUT2D eigenvalue weighted by Crippen LogP contribution is 2.33. The van der Waals surface area contributed by atoms with Gasteiger partial charge in [0.25, 0.3) is 11.7 Å². The Morgan fingerprint density at radius 1 is 1.11 bits per heavy atom. The average Bonchev–Trinajstić information content (AvgIpc) is 3.62. The molecule has 10 nitrogen and oxygen atoms in total. The van der Waals surface area contributed by atoms with Crippen molar-refractivity contribution in [3.63, 3.8) is 0 Å². The summed E-state index contributed by atoms with van der Waals surface area (Å²) in [7, 11) is 0. The molecular formula is C28H32N8O2. The van der Waals surface area contributed by atoms with Crippen molar-refractivity contribution < 1.29 is 9.32 Å². The van der Waals surface area contributed by atoms with Crippen LogP contribution in [0.4, 0.5) is 11.6 Å². The average molecular weight is 513 g/mol. The minimum absolute atomic E-state index is 0.0717. The molecule has 1 aliphatic carbocycles. The van der Waals surface area contributed by atoms with Crippen molar-refractivity contribution in [3.05, 3.63) is 65.2 Å². The fourth-order valence-corrected chi connectivity index (χ4v) is 5.20. The van der Waals surface area contributed by atoms with Crippen LogP contribution in [0.15, 0.2) is 41.2 Å². The third kappa shape index (κ3) is 4.78. The number of amides is 1. The first-order valence-corrected chi connectivity index (χ1v) is 13.3. The Morgan fingerprint density at radius 3 is 2.84 bits per heavy atom. The van der Waals surface area contributed by atoms with E-state index in [0.29, 0.717) is 11.8 Å². The molecule has 6 rings (SSSR count). The minimum Gasteiger partial charge on any atom is -0.342 e. The molecule has 0 fully saturated rings. The van der Waals surface area contributed by atoms with Crippen molar-refractivity contribution in [1.29, 1.82) is 0 Å². The van der Waals surface area contributed by atoms with Crippen LogP contribution in [-0.4, -0.2) is 35.8 Å². The van der Waals surface area contributed by atoms with Crippen LogP contribution in [-0.2, 0) is 24.8 Å². The molecule has 4 heterocycles. The molecular weight excluding hydrogens is 480 g/mol. The molecule has 0 radical (unpaired) electrons. The predicted molar refractivity (Wildman–Crippen MR) is 142 cm³/mol. The first kappa shape index (κ1) is 24.3. The lowest BCUT2D eigenvalue weighted by molar-refractivity contribution is 0.0921. The molecule has 0 saturated heterocycles. The number of fused-ring (bicyclic) bond motifs is 2. The van der Waals surface area contributed by atoms with Crippen molar-refractivity contribution in [2.24, 2.45) is 0 Å². The van der Waals surface area contributed by atoms with Crippen LogP contribution in [0.25, 0.3) is 11.3 Å². The van der Waals surface area contributed by atoms with E-state index in [0.717, 1.165) is 67.6 Å². The van der Waals surface area contributed by atoms with E-state index >= 15 is 0 Å². The molecule has 3 aromatic heterocycles. The Balaban J connectivity index is 1.22. The molecule has 0 bridgehead atoms. The fourth-order valence-electron chi connectivity index (χ4n) is 5.20.